The number of halogens is 6. The molecule has 0 heterocycles. The van der Waals surface area contributed by atoms with E-state index in [4.69, 9.17) is 4.43 Å². The molecule has 0 unspecified atom stereocenters. The molecule has 0 N–H and O–H groups in total. The monoisotopic (exact) mass is 406 g/mol. The fraction of sp³-hybridized carbons (Fsp3) is 0.368. The van der Waals surface area contributed by atoms with E-state index >= 15 is 0 Å². The molecule has 0 bridgehead atoms. The summed E-state index contributed by atoms with van der Waals surface area (Å²) in [6, 6.07) is 9.85. The molecule has 2 aromatic carbocycles. The maximum atomic E-state index is 13.0. The van der Waals surface area contributed by atoms with Crippen LogP contribution in [0.3, 0.4) is 0 Å². The van der Waals surface area contributed by atoms with Crippen molar-refractivity contribution in [3.05, 3.63) is 53.6 Å². The lowest BCUT2D eigenvalue weighted by molar-refractivity contribution is -0.143. The van der Waals surface area contributed by atoms with Crippen LogP contribution in [-0.2, 0) is 16.8 Å². The molecule has 2 rings (SSSR count). The van der Waals surface area contributed by atoms with E-state index < -0.39 is 31.8 Å². The molecule has 1 nitrogen and oxygen atoms in total. The minimum atomic E-state index is -4.86. The molecule has 0 aliphatic carbocycles. The highest BCUT2D eigenvalue weighted by atomic mass is 28.4. The molecular weight excluding hydrogens is 386 g/mol. The fourth-order valence-corrected chi connectivity index (χ4v) is 6.06. The van der Waals surface area contributed by atoms with Gasteiger partial charge in [0.1, 0.15) is 0 Å². The van der Waals surface area contributed by atoms with Crippen LogP contribution in [0.1, 0.15) is 25.0 Å². The van der Waals surface area contributed by atoms with Gasteiger partial charge >= 0.3 is 12.4 Å². The van der Waals surface area contributed by atoms with Crippen molar-refractivity contribution in [1.82, 2.24) is 0 Å². The predicted octanol–water partition coefficient (Wildman–Crippen LogP) is 6.23. The topological polar surface area (TPSA) is 9.23 Å². The Labute approximate surface area is 155 Å². The molecule has 0 amide bonds. The smallest absolute Gasteiger partial charge is 0.416 e. The summed E-state index contributed by atoms with van der Waals surface area (Å²) in [5, 5.41) is 0.960. The van der Waals surface area contributed by atoms with E-state index in [-0.39, 0.29) is 11.6 Å². The number of benzene rings is 2. The zero-order valence-electron chi connectivity index (χ0n) is 15.1. The summed E-state index contributed by atoms with van der Waals surface area (Å²) in [6.07, 6.45) is -9.73. The molecule has 27 heavy (non-hydrogen) atoms. The summed E-state index contributed by atoms with van der Waals surface area (Å²) in [5.41, 5.74) is -2.47. The van der Waals surface area contributed by atoms with Gasteiger partial charge in [0.15, 0.2) is 0 Å². The third-order valence-corrected chi connectivity index (χ3v) is 9.32. The number of hydrogen-bond acceptors (Lipinski definition) is 1. The molecule has 0 fully saturated rings. The van der Waals surface area contributed by atoms with Gasteiger partial charge in [-0.1, -0.05) is 38.1 Å². The van der Waals surface area contributed by atoms with Crippen LogP contribution < -0.4 is 5.19 Å². The van der Waals surface area contributed by atoms with Gasteiger partial charge < -0.3 is 4.43 Å². The zero-order valence-corrected chi connectivity index (χ0v) is 16.1. The minimum absolute atomic E-state index is 0.124. The fourth-order valence-electron chi connectivity index (χ4n) is 3.15. The summed E-state index contributed by atoms with van der Waals surface area (Å²) in [5.74, 6) is 0. The maximum absolute atomic E-state index is 13.0. The highest BCUT2D eigenvalue weighted by Crippen LogP contribution is 2.38. The number of rotatable bonds is 5. The summed E-state index contributed by atoms with van der Waals surface area (Å²) in [6.45, 7) is 4.02. The molecule has 2 aromatic rings. The van der Waals surface area contributed by atoms with E-state index in [1.54, 1.807) is 31.4 Å². The molecule has 148 valence electrons. The van der Waals surface area contributed by atoms with Crippen LogP contribution >= 0.6 is 0 Å². The van der Waals surface area contributed by atoms with E-state index in [9.17, 15) is 26.3 Å². The molecule has 0 aromatic heterocycles. The molecule has 8 heteroatoms. The summed E-state index contributed by atoms with van der Waals surface area (Å²) >= 11 is 0. The van der Waals surface area contributed by atoms with E-state index in [0.717, 1.165) is 29.4 Å². The Bertz CT molecular complexity index is 736. The Morgan fingerprint density at radius 3 is 1.52 bits per heavy atom. The Morgan fingerprint density at radius 1 is 0.741 bits per heavy atom. The number of hydrogen-bond donors (Lipinski definition) is 0. The van der Waals surface area contributed by atoms with E-state index in [1.165, 1.54) is 0 Å². The first-order chi connectivity index (χ1) is 12.5. The zero-order chi connectivity index (χ0) is 20.5. The quantitative estimate of drug-likeness (QED) is 0.422. The molecular formula is C19H20F6OSi. The Kier molecular flexibility index (Phi) is 6.11. The lowest BCUT2D eigenvalue weighted by Crippen LogP contribution is -2.48. The van der Waals surface area contributed by atoms with Crippen molar-refractivity contribution in [2.75, 3.05) is 7.11 Å². The SMILES string of the molecule is CC[Si](CC)(OC)c1ccc(-c2cc(C(F)(F)F)cc(C(F)(F)F)c2)cc1. The van der Waals surface area contributed by atoms with Crippen molar-refractivity contribution in [1.29, 1.82) is 0 Å². The lowest BCUT2D eigenvalue weighted by atomic mass is 9.99. The summed E-state index contributed by atoms with van der Waals surface area (Å²) in [7, 11) is -0.525. The molecule has 0 radical (unpaired) electrons. The number of alkyl halides is 6. The van der Waals surface area contributed by atoms with Gasteiger partial charge in [0.05, 0.1) is 11.1 Å². The van der Waals surface area contributed by atoms with Crippen LogP contribution in [0.2, 0.25) is 12.1 Å². The second kappa shape index (κ2) is 7.67. The van der Waals surface area contributed by atoms with E-state index in [1.807, 2.05) is 13.8 Å². The molecule has 0 atom stereocenters. The van der Waals surface area contributed by atoms with Crippen LogP contribution in [0.4, 0.5) is 26.3 Å². The molecule has 0 saturated carbocycles. The van der Waals surface area contributed by atoms with E-state index in [0.29, 0.717) is 5.56 Å². The van der Waals surface area contributed by atoms with Crippen LogP contribution in [0, 0.1) is 0 Å². The Hall–Kier alpha value is -1.80. The third kappa shape index (κ3) is 4.55. The van der Waals surface area contributed by atoms with Crippen molar-refractivity contribution >= 4 is 13.5 Å². The molecule has 0 aliphatic heterocycles. The first kappa shape index (κ1) is 21.5. The van der Waals surface area contributed by atoms with Gasteiger partial charge in [-0.15, -0.1) is 0 Å². The van der Waals surface area contributed by atoms with Gasteiger partial charge in [0.25, 0.3) is 0 Å². The van der Waals surface area contributed by atoms with Gasteiger partial charge in [-0.2, -0.15) is 26.3 Å². The Balaban J connectivity index is 2.55. The van der Waals surface area contributed by atoms with Gasteiger partial charge in [0, 0.05) is 7.11 Å². The Morgan fingerprint density at radius 2 is 1.19 bits per heavy atom. The van der Waals surface area contributed by atoms with Crippen molar-refractivity contribution < 1.29 is 30.8 Å². The minimum Gasteiger partial charge on any atom is -0.416 e. The van der Waals surface area contributed by atoms with Gasteiger partial charge in [-0.25, -0.2) is 0 Å². The summed E-state index contributed by atoms with van der Waals surface area (Å²) in [4.78, 5) is 0. The van der Waals surface area contributed by atoms with Gasteiger partial charge in [0.2, 0.25) is 8.32 Å². The second-order valence-corrected chi connectivity index (χ2v) is 10.7. The predicted molar refractivity (Wildman–Crippen MR) is 95.2 cm³/mol. The standard InChI is InChI=1S/C19H20F6OSi/c1-4-27(5-2,26-3)17-8-6-13(7-9-17)14-10-15(18(20,21)22)12-16(11-14)19(23,24)25/h6-12H,4-5H2,1-3H3. The normalized spacial score (nSPS) is 13.1. The molecule has 0 aliphatic rings. The van der Waals surface area contributed by atoms with Crippen LogP contribution in [0.15, 0.2) is 42.5 Å². The van der Waals surface area contributed by atoms with Gasteiger partial charge in [-0.05, 0) is 46.6 Å². The first-order valence-corrected chi connectivity index (χ1v) is 10.7. The van der Waals surface area contributed by atoms with Crippen LogP contribution in [0.5, 0.6) is 0 Å². The average molecular weight is 406 g/mol. The van der Waals surface area contributed by atoms with Crippen LogP contribution in [0.25, 0.3) is 11.1 Å². The van der Waals surface area contributed by atoms with Crippen molar-refractivity contribution in [2.45, 2.75) is 38.3 Å². The largest absolute Gasteiger partial charge is 0.416 e. The maximum Gasteiger partial charge on any atom is 0.416 e. The highest BCUT2D eigenvalue weighted by molar-refractivity contribution is 6.86. The van der Waals surface area contributed by atoms with Crippen molar-refractivity contribution in [3.63, 3.8) is 0 Å². The second-order valence-electron chi connectivity index (χ2n) is 6.28. The van der Waals surface area contributed by atoms with Crippen LogP contribution in [-0.4, -0.2) is 15.4 Å². The van der Waals surface area contributed by atoms with Gasteiger partial charge in [-0.3, -0.25) is 0 Å². The highest BCUT2D eigenvalue weighted by Gasteiger charge is 2.37. The summed E-state index contributed by atoms with van der Waals surface area (Å²) < 4.78 is 83.9. The molecule has 0 spiro atoms. The first-order valence-electron chi connectivity index (χ1n) is 8.42. The van der Waals surface area contributed by atoms with Crippen molar-refractivity contribution in [2.24, 2.45) is 0 Å². The van der Waals surface area contributed by atoms with E-state index in [2.05, 4.69) is 0 Å². The van der Waals surface area contributed by atoms with Crippen molar-refractivity contribution in [3.8, 4) is 11.1 Å². The molecule has 0 saturated heterocycles. The third-order valence-electron chi connectivity index (χ3n) is 4.86. The lowest BCUT2D eigenvalue weighted by Gasteiger charge is -2.27. The average Bonchev–Trinajstić information content (AvgIpc) is 2.62.